The van der Waals surface area contributed by atoms with E-state index in [9.17, 15) is 4.79 Å². The van der Waals surface area contributed by atoms with Gasteiger partial charge >= 0.3 is 0 Å². The molecule has 3 rings (SSSR count). The standard InChI is InChI=1S/C14H14BrNO/c1-16-8-12(14(17)9-3-2-4-9)11-6-5-10(15)7-13(11)16/h5-9H,2-4H2,1H3. The summed E-state index contributed by atoms with van der Waals surface area (Å²) < 4.78 is 3.08. The first-order valence-corrected chi connectivity index (χ1v) is 6.75. The number of Topliss-reactive ketones (excluding diaryl/α,β-unsaturated/α-hetero) is 1. The van der Waals surface area contributed by atoms with E-state index in [0.29, 0.717) is 5.78 Å². The van der Waals surface area contributed by atoms with Gasteiger partial charge in [0, 0.05) is 40.1 Å². The number of halogens is 1. The number of nitrogens with zero attached hydrogens (tertiary/aromatic N) is 1. The van der Waals surface area contributed by atoms with Gasteiger partial charge in [-0.3, -0.25) is 4.79 Å². The third-order valence-electron chi connectivity index (χ3n) is 3.69. The molecule has 0 bridgehead atoms. The molecule has 0 radical (unpaired) electrons. The second kappa shape index (κ2) is 3.98. The number of benzene rings is 1. The first-order chi connectivity index (χ1) is 8.16. The van der Waals surface area contributed by atoms with Gasteiger partial charge < -0.3 is 4.57 Å². The number of rotatable bonds is 2. The number of hydrogen-bond donors (Lipinski definition) is 0. The lowest BCUT2D eigenvalue weighted by molar-refractivity contribution is 0.0857. The summed E-state index contributed by atoms with van der Waals surface area (Å²) in [5.74, 6) is 0.591. The maximum absolute atomic E-state index is 12.3. The summed E-state index contributed by atoms with van der Waals surface area (Å²) in [5.41, 5.74) is 2.00. The summed E-state index contributed by atoms with van der Waals surface area (Å²) in [6.07, 6.45) is 5.29. The molecule has 88 valence electrons. The van der Waals surface area contributed by atoms with Gasteiger partial charge in [-0.15, -0.1) is 0 Å². The molecule has 0 amide bonds. The molecule has 1 heterocycles. The van der Waals surface area contributed by atoms with Crippen LogP contribution in [-0.2, 0) is 7.05 Å². The highest BCUT2D eigenvalue weighted by molar-refractivity contribution is 9.10. The highest BCUT2D eigenvalue weighted by Gasteiger charge is 2.28. The Labute approximate surface area is 109 Å². The van der Waals surface area contributed by atoms with E-state index in [-0.39, 0.29) is 5.92 Å². The van der Waals surface area contributed by atoms with E-state index in [1.165, 1.54) is 6.42 Å². The largest absolute Gasteiger partial charge is 0.350 e. The van der Waals surface area contributed by atoms with Gasteiger partial charge in [0.05, 0.1) is 0 Å². The topological polar surface area (TPSA) is 22.0 Å². The Hall–Kier alpha value is -1.09. The summed E-state index contributed by atoms with van der Waals surface area (Å²) in [4.78, 5) is 12.3. The molecule has 0 saturated heterocycles. The summed E-state index contributed by atoms with van der Waals surface area (Å²) in [6.45, 7) is 0. The maximum Gasteiger partial charge on any atom is 0.168 e. The molecule has 0 spiro atoms. The molecule has 17 heavy (non-hydrogen) atoms. The van der Waals surface area contributed by atoms with Crippen LogP contribution < -0.4 is 0 Å². The summed E-state index contributed by atoms with van der Waals surface area (Å²) >= 11 is 3.47. The average molecular weight is 292 g/mol. The van der Waals surface area contributed by atoms with Crippen molar-refractivity contribution in [1.82, 2.24) is 4.57 Å². The molecule has 3 heteroatoms. The zero-order valence-electron chi connectivity index (χ0n) is 9.74. The minimum absolute atomic E-state index is 0.268. The van der Waals surface area contributed by atoms with Crippen molar-refractivity contribution in [1.29, 1.82) is 0 Å². The van der Waals surface area contributed by atoms with Gasteiger partial charge in [-0.25, -0.2) is 0 Å². The van der Waals surface area contributed by atoms with Crippen LogP contribution in [0.5, 0.6) is 0 Å². The lowest BCUT2D eigenvalue weighted by Crippen LogP contribution is -2.21. The molecule has 0 N–H and O–H groups in total. The molecule has 0 unspecified atom stereocenters. The van der Waals surface area contributed by atoms with Crippen molar-refractivity contribution in [2.24, 2.45) is 13.0 Å². The molecule has 1 aliphatic carbocycles. The number of aryl methyl sites for hydroxylation is 1. The molecule has 1 aromatic carbocycles. The van der Waals surface area contributed by atoms with E-state index in [2.05, 4.69) is 22.0 Å². The molecule has 2 aromatic rings. The fourth-order valence-corrected chi connectivity index (χ4v) is 2.79. The quantitative estimate of drug-likeness (QED) is 0.769. The highest BCUT2D eigenvalue weighted by Crippen LogP contribution is 2.33. The summed E-state index contributed by atoms with van der Waals surface area (Å²) in [5, 5.41) is 1.08. The van der Waals surface area contributed by atoms with Gasteiger partial charge in [-0.05, 0) is 25.0 Å². The third kappa shape index (κ3) is 1.73. The summed E-state index contributed by atoms with van der Waals surface area (Å²) in [6, 6.07) is 6.10. The Morgan fingerprint density at radius 2 is 2.18 bits per heavy atom. The van der Waals surface area contributed by atoms with Crippen molar-refractivity contribution >= 4 is 32.6 Å². The van der Waals surface area contributed by atoms with Crippen LogP contribution in [0.25, 0.3) is 10.9 Å². The van der Waals surface area contributed by atoms with E-state index in [1.807, 2.05) is 29.9 Å². The number of hydrogen-bond acceptors (Lipinski definition) is 1. The monoisotopic (exact) mass is 291 g/mol. The second-order valence-electron chi connectivity index (χ2n) is 4.81. The minimum atomic E-state index is 0.268. The lowest BCUT2D eigenvalue weighted by Gasteiger charge is -2.23. The fourth-order valence-electron chi connectivity index (χ4n) is 2.44. The molecule has 1 aliphatic rings. The molecule has 2 nitrogen and oxygen atoms in total. The van der Waals surface area contributed by atoms with Crippen LogP contribution in [0.3, 0.4) is 0 Å². The predicted molar refractivity (Wildman–Crippen MR) is 72.3 cm³/mol. The summed E-state index contributed by atoms with van der Waals surface area (Å²) in [7, 11) is 1.99. The van der Waals surface area contributed by atoms with Crippen LogP contribution in [0.1, 0.15) is 29.6 Å². The van der Waals surface area contributed by atoms with E-state index >= 15 is 0 Å². The van der Waals surface area contributed by atoms with Crippen LogP contribution >= 0.6 is 15.9 Å². The van der Waals surface area contributed by atoms with Gasteiger partial charge in [0.15, 0.2) is 5.78 Å². The number of ketones is 1. The first-order valence-electron chi connectivity index (χ1n) is 5.95. The van der Waals surface area contributed by atoms with Crippen LogP contribution in [0.4, 0.5) is 0 Å². The van der Waals surface area contributed by atoms with Gasteiger partial charge in [0.25, 0.3) is 0 Å². The highest BCUT2D eigenvalue weighted by atomic mass is 79.9. The predicted octanol–water partition coefficient (Wildman–Crippen LogP) is 3.92. The van der Waals surface area contributed by atoms with Gasteiger partial charge in [0.2, 0.25) is 0 Å². The Kier molecular flexibility index (Phi) is 2.58. The van der Waals surface area contributed by atoms with E-state index in [0.717, 1.165) is 33.8 Å². The van der Waals surface area contributed by atoms with Gasteiger partial charge in [0.1, 0.15) is 0 Å². The number of carbonyl (C=O) groups excluding carboxylic acids is 1. The van der Waals surface area contributed by atoms with Crippen LogP contribution in [0.15, 0.2) is 28.9 Å². The van der Waals surface area contributed by atoms with E-state index in [1.54, 1.807) is 0 Å². The second-order valence-corrected chi connectivity index (χ2v) is 5.72. The third-order valence-corrected chi connectivity index (χ3v) is 4.19. The first kappa shape index (κ1) is 11.0. The SMILES string of the molecule is Cn1cc(C(=O)C2CCC2)c2ccc(Br)cc21. The average Bonchev–Trinajstić information content (AvgIpc) is 2.53. The van der Waals surface area contributed by atoms with Crippen molar-refractivity contribution in [2.75, 3.05) is 0 Å². The lowest BCUT2D eigenvalue weighted by atomic mass is 9.80. The van der Waals surface area contributed by atoms with Crippen molar-refractivity contribution in [3.05, 3.63) is 34.4 Å². The molecule has 1 aromatic heterocycles. The smallest absolute Gasteiger partial charge is 0.168 e. The van der Waals surface area contributed by atoms with Crippen molar-refractivity contribution < 1.29 is 4.79 Å². The van der Waals surface area contributed by atoms with Gasteiger partial charge in [-0.1, -0.05) is 28.4 Å². The van der Waals surface area contributed by atoms with E-state index in [4.69, 9.17) is 0 Å². The zero-order chi connectivity index (χ0) is 12.0. The number of aromatic nitrogens is 1. The maximum atomic E-state index is 12.3. The normalized spacial score (nSPS) is 16.1. The zero-order valence-corrected chi connectivity index (χ0v) is 11.3. The Balaban J connectivity index is 2.13. The van der Waals surface area contributed by atoms with Gasteiger partial charge in [-0.2, -0.15) is 0 Å². The van der Waals surface area contributed by atoms with E-state index < -0.39 is 0 Å². The Morgan fingerprint density at radius 3 is 2.82 bits per heavy atom. The molecule has 0 aliphatic heterocycles. The molecule has 1 saturated carbocycles. The molecule has 0 atom stereocenters. The minimum Gasteiger partial charge on any atom is -0.350 e. The van der Waals surface area contributed by atoms with Crippen LogP contribution in [-0.4, -0.2) is 10.4 Å². The molecular formula is C14H14BrNO. The van der Waals surface area contributed by atoms with Crippen molar-refractivity contribution in [2.45, 2.75) is 19.3 Å². The fraction of sp³-hybridized carbons (Fsp3) is 0.357. The van der Waals surface area contributed by atoms with Crippen molar-refractivity contribution in [3.8, 4) is 0 Å². The van der Waals surface area contributed by atoms with Crippen LogP contribution in [0, 0.1) is 5.92 Å². The molecule has 1 fully saturated rings. The van der Waals surface area contributed by atoms with Crippen LogP contribution in [0.2, 0.25) is 0 Å². The number of carbonyl (C=O) groups is 1. The van der Waals surface area contributed by atoms with Crippen molar-refractivity contribution in [3.63, 3.8) is 0 Å². The number of fused-ring (bicyclic) bond motifs is 1. The Morgan fingerprint density at radius 1 is 1.41 bits per heavy atom. The Bertz CT molecular complexity index is 596. The molecular weight excluding hydrogens is 278 g/mol.